The maximum atomic E-state index is 6.12. The van der Waals surface area contributed by atoms with Crippen LogP contribution in [0, 0.1) is 0 Å². The molecule has 0 bridgehead atoms. The molecule has 0 saturated heterocycles. The van der Waals surface area contributed by atoms with Gasteiger partial charge < -0.3 is 10.1 Å². The zero-order chi connectivity index (χ0) is 13.4. The number of benzene rings is 1. The van der Waals surface area contributed by atoms with E-state index in [2.05, 4.69) is 26.1 Å². The minimum atomic E-state index is -0.137. The van der Waals surface area contributed by atoms with Gasteiger partial charge in [-0.05, 0) is 45.7 Å². The number of hydrogen-bond donors (Lipinski definition) is 1. The third-order valence-corrected chi connectivity index (χ3v) is 3.58. The quantitative estimate of drug-likeness (QED) is 0.892. The Kier molecular flexibility index (Phi) is 3.82. The first-order valence-electron chi connectivity index (χ1n) is 6.19. The van der Waals surface area contributed by atoms with Crippen molar-refractivity contribution in [3.05, 3.63) is 28.2 Å². The second-order valence-electron chi connectivity index (χ2n) is 5.94. The maximum Gasteiger partial charge on any atom is 0.157 e. The van der Waals surface area contributed by atoms with Gasteiger partial charge in [-0.1, -0.05) is 29.3 Å². The standard InChI is InChI=1S/C14H19Cl2NO/c1-13(2,3)17-9-14(7-8-14)18-12-10(15)5-4-6-11(12)16/h4-6,17H,7-9H2,1-3H3. The minimum absolute atomic E-state index is 0.0865. The van der Waals surface area contributed by atoms with Crippen molar-refractivity contribution in [1.82, 2.24) is 5.32 Å². The molecular formula is C14H19Cl2NO. The van der Waals surface area contributed by atoms with Crippen molar-refractivity contribution in [3.63, 3.8) is 0 Å². The van der Waals surface area contributed by atoms with Gasteiger partial charge in [0.05, 0.1) is 10.0 Å². The fraction of sp³-hybridized carbons (Fsp3) is 0.571. The molecular weight excluding hydrogens is 269 g/mol. The van der Waals surface area contributed by atoms with E-state index in [9.17, 15) is 0 Å². The van der Waals surface area contributed by atoms with Crippen LogP contribution in [0.2, 0.25) is 10.0 Å². The molecule has 1 saturated carbocycles. The Morgan fingerprint density at radius 3 is 2.22 bits per heavy atom. The van der Waals surface area contributed by atoms with Gasteiger partial charge in [-0.15, -0.1) is 0 Å². The molecule has 1 fully saturated rings. The Morgan fingerprint density at radius 2 is 1.78 bits per heavy atom. The number of halogens is 2. The predicted molar refractivity (Wildman–Crippen MR) is 76.8 cm³/mol. The van der Waals surface area contributed by atoms with Crippen LogP contribution in [-0.2, 0) is 0 Å². The molecule has 0 amide bonds. The van der Waals surface area contributed by atoms with Crippen molar-refractivity contribution >= 4 is 23.2 Å². The van der Waals surface area contributed by atoms with Gasteiger partial charge in [-0.2, -0.15) is 0 Å². The molecule has 2 nitrogen and oxygen atoms in total. The van der Waals surface area contributed by atoms with Crippen LogP contribution in [0.5, 0.6) is 5.75 Å². The molecule has 1 aliphatic rings. The van der Waals surface area contributed by atoms with Crippen LogP contribution < -0.4 is 10.1 Å². The van der Waals surface area contributed by atoms with E-state index in [1.54, 1.807) is 12.1 Å². The molecule has 1 aromatic rings. The lowest BCUT2D eigenvalue weighted by Crippen LogP contribution is -2.43. The highest BCUT2D eigenvalue weighted by molar-refractivity contribution is 6.37. The van der Waals surface area contributed by atoms with Crippen LogP contribution in [0.3, 0.4) is 0 Å². The van der Waals surface area contributed by atoms with Gasteiger partial charge in [0.1, 0.15) is 5.60 Å². The first kappa shape index (κ1) is 14.0. The van der Waals surface area contributed by atoms with Crippen LogP contribution in [0.25, 0.3) is 0 Å². The lowest BCUT2D eigenvalue weighted by atomic mass is 10.1. The number of para-hydroxylation sites is 1. The van der Waals surface area contributed by atoms with Crippen LogP contribution in [0.15, 0.2) is 18.2 Å². The summed E-state index contributed by atoms with van der Waals surface area (Å²) in [5, 5.41) is 4.62. The maximum absolute atomic E-state index is 6.12. The Balaban J connectivity index is 2.05. The SMILES string of the molecule is CC(C)(C)NCC1(Oc2c(Cl)cccc2Cl)CC1. The summed E-state index contributed by atoms with van der Waals surface area (Å²) in [5.41, 5.74) is -0.0505. The molecule has 18 heavy (non-hydrogen) atoms. The summed E-state index contributed by atoms with van der Waals surface area (Å²) in [7, 11) is 0. The second-order valence-corrected chi connectivity index (χ2v) is 6.75. The monoisotopic (exact) mass is 287 g/mol. The summed E-state index contributed by atoms with van der Waals surface area (Å²) in [6.07, 6.45) is 2.08. The van der Waals surface area contributed by atoms with Crippen LogP contribution in [0.4, 0.5) is 0 Å². The van der Waals surface area contributed by atoms with Gasteiger partial charge in [0, 0.05) is 12.1 Å². The van der Waals surface area contributed by atoms with E-state index in [1.165, 1.54) is 0 Å². The molecule has 0 radical (unpaired) electrons. The van der Waals surface area contributed by atoms with Gasteiger partial charge in [-0.3, -0.25) is 0 Å². The first-order chi connectivity index (χ1) is 8.31. The molecule has 1 N–H and O–H groups in total. The lowest BCUT2D eigenvalue weighted by molar-refractivity contribution is 0.164. The van der Waals surface area contributed by atoms with Crippen LogP contribution in [-0.4, -0.2) is 17.7 Å². The van der Waals surface area contributed by atoms with E-state index in [1.807, 2.05) is 6.07 Å². The van der Waals surface area contributed by atoms with Gasteiger partial charge >= 0.3 is 0 Å². The first-order valence-corrected chi connectivity index (χ1v) is 6.95. The Bertz CT molecular complexity index is 416. The number of hydrogen-bond acceptors (Lipinski definition) is 2. The largest absolute Gasteiger partial charge is 0.483 e. The summed E-state index contributed by atoms with van der Waals surface area (Å²) in [6, 6.07) is 5.43. The van der Waals surface area contributed by atoms with E-state index in [4.69, 9.17) is 27.9 Å². The normalized spacial score (nSPS) is 17.6. The molecule has 0 unspecified atom stereocenters. The number of nitrogens with one attached hydrogen (secondary N) is 1. The Hall–Kier alpha value is -0.440. The molecule has 4 heteroatoms. The van der Waals surface area contributed by atoms with Gasteiger partial charge in [0.2, 0.25) is 0 Å². The van der Waals surface area contributed by atoms with E-state index in [0.717, 1.165) is 19.4 Å². The van der Waals surface area contributed by atoms with Gasteiger partial charge in [-0.25, -0.2) is 0 Å². The highest BCUT2D eigenvalue weighted by Gasteiger charge is 2.46. The summed E-state index contributed by atoms with van der Waals surface area (Å²) >= 11 is 12.2. The third kappa shape index (κ3) is 3.53. The van der Waals surface area contributed by atoms with Crippen molar-refractivity contribution < 1.29 is 4.74 Å². The van der Waals surface area contributed by atoms with Crippen molar-refractivity contribution in [2.75, 3.05) is 6.54 Å². The van der Waals surface area contributed by atoms with Crippen molar-refractivity contribution in [1.29, 1.82) is 0 Å². The highest BCUT2D eigenvalue weighted by Crippen LogP contribution is 2.44. The molecule has 0 heterocycles. The molecule has 1 aromatic carbocycles. The smallest absolute Gasteiger partial charge is 0.157 e. The lowest BCUT2D eigenvalue weighted by Gasteiger charge is -2.26. The number of rotatable bonds is 4. The molecule has 0 atom stereocenters. The molecule has 1 aliphatic carbocycles. The fourth-order valence-electron chi connectivity index (χ4n) is 1.68. The molecule has 0 aliphatic heterocycles. The Labute approximate surface area is 119 Å². The second kappa shape index (κ2) is 4.92. The van der Waals surface area contributed by atoms with Crippen molar-refractivity contribution in [2.24, 2.45) is 0 Å². The molecule has 2 rings (SSSR count). The number of ether oxygens (including phenoxy) is 1. The average molecular weight is 288 g/mol. The Morgan fingerprint density at radius 1 is 1.22 bits per heavy atom. The third-order valence-electron chi connectivity index (χ3n) is 2.99. The molecule has 100 valence electrons. The predicted octanol–water partition coefficient (Wildman–Crippen LogP) is 4.29. The summed E-state index contributed by atoms with van der Waals surface area (Å²) in [4.78, 5) is 0. The molecule has 0 spiro atoms. The van der Waals surface area contributed by atoms with E-state index >= 15 is 0 Å². The summed E-state index contributed by atoms with van der Waals surface area (Å²) in [5.74, 6) is 0.606. The van der Waals surface area contributed by atoms with Crippen LogP contribution in [0.1, 0.15) is 33.6 Å². The van der Waals surface area contributed by atoms with E-state index in [-0.39, 0.29) is 11.1 Å². The van der Waals surface area contributed by atoms with E-state index < -0.39 is 0 Å². The minimum Gasteiger partial charge on any atom is -0.483 e. The zero-order valence-electron chi connectivity index (χ0n) is 11.0. The highest BCUT2D eigenvalue weighted by atomic mass is 35.5. The average Bonchev–Trinajstić information content (AvgIpc) is 3.01. The summed E-state index contributed by atoms with van der Waals surface area (Å²) in [6.45, 7) is 7.25. The van der Waals surface area contributed by atoms with Crippen molar-refractivity contribution in [3.8, 4) is 5.75 Å². The van der Waals surface area contributed by atoms with E-state index in [0.29, 0.717) is 15.8 Å². The zero-order valence-corrected chi connectivity index (χ0v) is 12.5. The van der Waals surface area contributed by atoms with Crippen LogP contribution >= 0.6 is 23.2 Å². The van der Waals surface area contributed by atoms with Gasteiger partial charge in [0.25, 0.3) is 0 Å². The summed E-state index contributed by atoms with van der Waals surface area (Å²) < 4.78 is 6.04. The van der Waals surface area contributed by atoms with Gasteiger partial charge in [0.15, 0.2) is 5.75 Å². The van der Waals surface area contributed by atoms with Crippen molar-refractivity contribution in [2.45, 2.75) is 44.8 Å². The molecule has 0 aromatic heterocycles. The fourth-order valence-corrected chi connectivity index (χ4v) is 2.15. The topological polar surface area (TPSA) is 21.3 Å².